The van der Waals surface area contributed by atoms with Gasteiger partial charge in [0.2, 0.25) is 0 Å². The maximum atomic E-state index is 6.17. The number of rotatable bonds is 3. The Kier molecular flexibility index (Phi) is 4.07. The lowest BCUT2D eigenvalue weighted by Gasteiger charge is -2.28. The Balaban J connectivity index is 1.61. The summed E-state index contributed by atoms with van der Waals surface area (Å²) >= 11 is 0. The largest absolute Gasteiger partial charge is 0.490 e. The van der Waals surface area contributed by atoms with E-state index in [9.17, 15) is 0 Å². The molecule has 0 spiro atoms. The van der Waals surface area contributed by atoms with Gasteiger partial charge in [0.1, 0.15) is 5.75 Å². The predicted octanol–water partition coefficient (Wildman–Crippen LogP) is 3.46. The molecule has 0 aliphatic heterocycles. The number of aryl methyl sites for hydroxylation is 2. The number of ether oxygens (including phenoxy) is 1. The van der Waals surface area contributed by atoms with Gasteiger partial charge in [0, 0.05) is 0 Å². The molecule has 2 aliphatic carbocycles. The Bertz CT molecular complexity index is 421. The van der Waals surface area contributed by atoms with Gasteiger partial charge in [-0.05, 0) is 87.1 Å². The van der Waals surface area contributed by atoms with Gasteiger partial charge < -0.3 is 10.5 Å². The minimum absolute atomic E-state index is 0.407. The number of fused-ring (bicyclic) bond motifs is 1. The van der Waals surface area contributed by atoms with E-state index in [1.807, 2.05) is 0 Å². The van der Waals surface area contributed by atoms with Crippen LogP contribution in [0.1, 0.15) is 49.7 Å². The van der Waals surface area contributed by atoms with Crippen LogP contribution >= 0.6 is 0 Å². The van der Waals surface area contributed by atoms with Crippen molar-refractivity contribution in [2.45, 2.75) is 57.5 Å². The molecule has 3 rings (SSSR count). The fourth-order valence-electron chi connectivity index (χ4n) is 3.46. The van der Waals surface area contributed by atoms with Crippen LogP contribution in [0.4, 0.5) is 0 Å². The van der Waals surface area contributed by atoms with Crippen molar-refractivity contribution in [3.8, 4) is 5.75 Å². The van der Waals surface area contributed by atoms with E-state index in [1.165, 1.54) is 62.5 Å². The summed E-state index contributed by atoms with van der Waals surface area (Å²) in [5, 5.41) is 0. The molecule has 1 saturated carbocycles. The lowest BCUT2D eigenvalue weighted by Crippen LogP contribution is -2.27. The van der Waals surface area contributed by atoms with E-state index >= 15 is 0 Å². The maximum Gasteiger partial charge on any atom is 0.120 e. The summed E-state index contributed by atoms with van der Waals surface area (Å²) in [6.07, 6.45) is 10.3. The van der Waals surface area contributed by atoms with E-state index in [0.29, 0.717) is 6.10 Å². The summed E-state index contributed by atoms with van der Waals surface area (Å²) < 4.78 is 6.17. The standard InChI is InChI=1S/C17H25NO/c18-12-13-5-8-16(9-6-13)19-17-10-7-14-3-1-2-4-15(14)11-17/h7,10-11,13,16H,1-6,8-9,12,18H2. The highest BCUT2D eigenvalue weighted by molar-refractivity contribution is 5.37. The van der Waals surface area contributed by atoms with Gasteiger partial charge in [-0.25, -0.2) is 0 Å². The average Bonchev–Trinajstić information content (AvgIpc) is 2.48. The molecule has 0 saturated heterocycles. The number of hydrogen-bond donors (Lipinski definition) is 1. The molecule has 0 bridgehead atoms. The second-order valence-electron chi connectivity index (χ2n) is 6.13. The van der Waals surface area contributed by atoms with Crippen molar-refractivity contribution in [3.05, 3.63) is 29.3 Å². The number of hydrogen-bond acceptors (Lipinski definition) is 2. The van der Waals surface area contributed by atoms with Crippen LogP contribution in [0.2, 0.25) is 0 Å². The summed E-state index contributed by atoms with van der Waals surface area (Å²) in [4.78, 5) is 0. The third-order valence-electron chi connectivity index (χ3n) is 4.75. The van der Waals surface area contributed by atoms with E-state index in [1.54, 1.807) is 0 Å². The monoisotopic (exact) mass is 259 g/mol. The fraction of sp³-hybridized carbons (Fsp3) is 0.647. The Labute approximate surface area is 116 Å². The molecule has 2 N–H and O–H groups in total. The first-order valence-electron chi connectivity index (χ1n) is 7.83. The van der Waals surface area contributed by atoms with E-state index in [0.717, 1.165) is 18.2 Å². The molecule has 0 radical (unpaired) electrons. The number of nitrogens with two attached hydrogens (primary N) is 1. The van der Waals surface area contributed by atoms with Gasteiger partial charge in [-0.3, -0.25) is 0 Å². The molecular formula is C17H25NO. The van der Waals surface area contributed by atoms with Crippen molar-refractivity contribution in [2.24, 2.45) is 11.7 Å². The maximum absolute atomic E-state index is 6.17. The Morgan fingerprint density at radius 2 is 1.74 bits per heavy atom. The van der Waals surface area contributed by atoms with Gasteiger partial charge in [0.25, 0.3) is 0 Å². The van der Waals surface area contributed by atoms with Crippen molar-refractivity contribution < 1.29 is 4.74 Å². The summed E-state index contributed by atoms with van der Waals surface area (Å²) in [5.41, 5.74) is 8.78. The molecular weight excluding hydrogens is 234 g/mol. The molecule has 2 heteroatoms. The SMILES string of the molecule is NCC1CCC(Oc2ccc3c(c2)CCCC3)CC1. The van der Waals surface area contributed by atoms with Crippen molar-refractivity contribution in [1.82, 2.24) is 0 Å². The minimum Gasteiger partial charge on any atom is -0.490 e. The second kappa shape index (κ2) is 5.96. The van der Waals surface area contributed by atoms with Crippen molar-refractivity contribution >= 4 is 0 Å². The zero-order chi connectivity index (χ0) is 13.1. The first-order chi connectivity index (χ1) is 9.35. The van der Waals surface area contributed by atoms with Gasteiger partial charge in [-0.1, -0.05) is 6.07 Å². The van der Waals surface area contributed by atoms with E-state index in [-0.39, 0.29) is 0 Å². The molecule has 0 amide bonds. The summed E-state index contributed by atoms with van der Waals surface area (Å²) in [6.45, 7) is 0.839. The Morgan fingerprint density at radius 3 is 2.47 bits per heavy atom. The number of benzene rings is 1. The molecule has 104 valence electrons. The quantitative estimate of drug-likeness (QED) is 0.902. The topological polar surface area (TPSA) is 35.2 Å². The van der Waals surface area contributed by atoms with Crippen LogP contribution in [0.3, 0.4) is 0 Å². The van der Waals surface area contributed by atoms with Crippen LogP contribution in [-0.2, 0) is 12.8 Å². The second-order valence-corrected chi connectivity index (χ2v) is 6.13. The van der Waals surface area contributed by atoms with Crippen molar-refractivity contribution in [3.63, 3.8) is 0 Å². The van der Waals surface area contributed by atoms with Gasteiger partial charge in [0.15, 0.2) is 0 Å². The third kappa shape index (κ3) is 3.11. The average molecular weight is 259 g/mol. The highest BCUT2D eigenvalue weighted by Gasteiger charge is 2.21. The smallest absolute Gasteiger partial charge is 0.120 e. The molecule has 1 aromatic carbocycles. The van der Waals surface area contributed by atoms with E-state index in [2.05, 4.69) is 18.2 Å². The van der Waals surface area contributed by atoms with Gasteiger partial charge in [-0.15, -0.1) is 0 Å². The summed E-state index contributed by atoms with van der Waals surface area (Å²) in [6, 6.07) is 6.72. The lowest BCUT2D eigenvalue weighted by molar-refractivity contribution is 0.133. The molecule has 0 aromatic heterocycles. The highest BCUT2D eigenvalue weighted by Crippen LogP contribution is 2.29. The molecule has 0 heterocycles. The predicted molar refractivity (Wildman–Crippen MR) is 78.5 cm³/mol. The van der Waals surface area contributed by atoms with Crippen molar-refractivity contribution in [1.29, 1.82) is 0 Å². The van der Waals surface area contributed by atoms with Gasteiger partial charge in [0.05, 0.1) is 6.10 Å². The molecule has 2 aliphatic rings. The van der Waals surface area contributed by atoms with Crippen molar-refractivity contribution in [2.75, 3.05) is 6.54 Å². The molecule has 0 atom stereocenters. The molecule has 19 heavy (non-hydrogen) atoms. The summed E-state index contributed by atoms with van der Waals surface area (Å²) in [7, 11) is 0. The zero-order valence-electron chi connectivity index (χ0n) is 11.7. The first kappa shape index (κ1) is 13.0. The molecule has 2 nitrogen and oxygen atoms in total. The van der Waals surface area contributed by atoms with Crippen LogP contribution in [-0.4, -0.2) is 12.6 Å². The first-order valence-corrected chi connectivity index (χ1v) is 7.83. The van der Waals surface area contributed by atoms with Crippen LogP contribution < -0.4 is 10.5 Å². The third-order valence-corrected chi connectivity index (χ3v) is 4.75. The molecule has 0 unspecified atom stereocenters. The fourth-order valence-corrected chi connectivity index (χ4v) is 3.46. The van der Waals surface area contributed by atoms with Gasteiger partial charge in [-0.2, -0.15) is 0 Å². The normalized spacial score (nSPS) is 26.8. The molecule has 1 fully saturated rings. The zero-order valence-corrected chi connectivity index (χ0v) is 11.7. The van der Waals surface area contributed by atoms with Gasteiger partial charge >= 0.3 is 0 Å². The van der Waals surface area contributed by atoms with Crippen LogP contribution in [0.5, 0.6) is 5.75 Å². The van der Waals surface area contributed by atoms with E-state index in [4.69, 9.17) is 10.5 Å². The summed E-state index contributed by atoms with van der Waals surface area (Å²) in [5.74, 6) is 1.81. The van der Waals surface area contributed by atoms with Crippen LogP contribution in [0.15, 0.2) is 18.2 Å². The minimum atomic E-state index is 0.407. The molecule has 1 aromatic rings. The Hall–Kier alpha value is -1.02. The van der Waals surface area contributed by atoms with Crippen LogP contribution in [0, 0.1) is 5.92 Å². The highest BCUT2D eigenvalue weighted by atomic mass is 16.5. The lowest BCUT2D eigenvalue weighted by atomic mass is 9.87. The van der Waals surface area contributed by atoms with E-state index < -0.39 is 0 Å². The Morgan fingerprint density at radius 1 is 1.00 bits per heavy atom. The van der Waals surface area contributed by atoms with Crippen LogP contribution in [0.25, 0.3) is 0 Å².